The Morgan fingerprint density at radius 2 is 0.550 bits per heavy atom. The van der Waals surface area contributed by atoms with E-state index in [1.54, 1.807) is 0 Å². The Bertz CT molecular complexity index is 973. The Labute approximate surface area is 373 Å². The summed E-state index contributed by atoms with van der Waals surface area (Å²) < 4.78 is 16.8. The fourth-order valence-corrected chi connectivity index (χ4v) is 7.67. The van der Waals surface area contributed by atoms with E-state index >= 15 is 0 Å². The largest absolute Gasteiger partial charge is 0.462 e. The van der Waals surface area contributed by atoms with Crippen molar-refractivity contribution in [1.82, 2.24) is 0 Å². The van der Waals surface area contributed by atoms with Crippen molar-refractivity contribution in [2.24, 2.45) is 0 Å². The smallest absolute Gasteiger partial charge is 0.306 e. The highest BCUT2D eigenvalue weighted by Crippen LogP contribution is 2.15. The van der Waals surface area contributed by atoms with Crippen molar-refractivity contribution in [1.29, 1.82) is 0 Å². The SMILES string of the molecule is CCCCCC/C=C\CCCCCCCCCC(=O)OC[C@H](COC(=O)CCCCCCCCCCCCCCC)OC(=O)CCCCCCC/C=C\CCCCCCC. The zero-order valence-electron chi connectivity index (χ0n) is 40.2. The van der Waals surface area contributed by atoms with Gasteiger partial charge in [0.25, 0.3) is 0 Å². The fourth-order valence-electron chi connectivity index (χ4n) is 7.67. The van der Waals surface area contributed by atoms with Crippen molar-refractivity contribution < 1.29 is 28.6 Å². The summed E-state index contributed by atoms with van der Waals surface area (Å²) in [7, 11) is 0. The maximum Gasteiger partial charge on any atom is 0.306 e. The van der Waals surface area contributed by atoms with E-state index in [1.807, 2.05) is 0 Å². The minimum Gasteiger partial charge on any atom is -0.462 e. The normalized spacial score (nSPS) is 12.1. The first-order valence-corrected chi connectivity index (χ1v) is 26.3. The number of carbonyl (C=O) groups is 3. The van der Waals surface area contributed by atoms with Gasteiger partial charge < -0.3 is 14.2 Å². The van der Waals surface area contributed by atoms with Crippen LogP contribution in [0, 0.1) is 0 Å². The van der Waals surface area contributed by atoms with Crippen molar-refractivity contribution in [2.75, 3.05) is 13.2 Å². The van der Waals surface area contributed by atoms with Gasteiger partial charge in [-0.25, -0.2) is 0 Å². The molecular formula is C54H100O6. The van der Waals surface area contributed by atoms with E-state index in [0.29, 0.717) is 19.3 Å². The van der Waals surface area contributed by atoms with E-state index in [-0.39, 0.29) is 31.1 Å². The molecule has 0 saturated carbocycles. The van der Waals surface area contributed by atoms with Gasteiger partial charge in [0.15, 0.2) is 6.10 Å². The molecule has 0 aliphatic heterocycles. The maximum atomic E-state index is 12.8. The first-order valence-electron chi connectivity index (χ1n) is 26.3. The molecule has 0 aromatic heterocycles. The summed E-state index contributed by atoms with van der Waals surface area (Å²) in [4.78, 5) is 38.0. The molecular weight excluding hydrogens is 745 g/mol. The van der Waals surface area contributed by atoms with Crippen LogP contribution in [0.1, 0.15) is 284 Å². The number of hydrogen-bond donors (Lipinski definition) is 0. The molecule has 0 spiro atoms. The van der Waals surface area contributed by atoms with Gasteiger partial charge in [-0.3, -0.25) is 14.4 Å². The van der Waals surface area contributed by atoms with E-state index in [2.05, 4.69) is 45.1 Å². The molecule has 6 nitrogen and oxygen atoms in total. The number of hydrogen-bond acceptors (Lipinski definition) is 6. The molecule has 6 heteroatoms. The van der Waals surface area contributed by atoms with E-state index in [4.69, 9.17) is 14.2 Å². The Morgan fingerprint density at radius 1 is 0.317 bits per heavy atom. The van der Waals surface area contributed by atoms with E-state index in [9.17, 15) is 14.4 Å². The van der Waals surface area contributed by atoms with Gasteiger partial charge in [0.05, 0.1) is 0 Å². The predicted octanol–water partition coefficient (Wildman–Crippen LogP) is 17.2. The molecule has 0 aromatic carbocycles. The molecule has 0 bridgehead atoms. The van der Waals surface area contributed by atoms with Crippen LogP contribution in [0.5, 0.6) is 0 Å². The molecule has 1 atom stereocenters. The van der Waals surface area contributed by atoms with Crippen molar-refractivity contribution in [2.45, 2.75) is 290 Å². The first kappa shape index (κ1) is 57.9. The van der Waals surface area contributed by atoms with E-state index < -0.39 is 6.10 Å². The molecule has 0 aliphatic carbocycles. The summed E-state index contributed by atoms with van der Waals surface area (Å²) in [5, 5.41) is 0. The Morgan fingerprint density at radius 3 is 0.850 bits per heavy atom. The Kier molecular flexibility index (Phi) is 47.8. The highest BCUT2D eigenvalue weighted by Gasteiger charge is 2.19. The molecule has 0 heterocycles. The number of rotatable bonds is 48. The topological polar surface area (TPSA) is 78.9 Å². The number of unbranched alkanes of at least 4 members (excludes halogenated alkanes) is 33. The van der Waals surface area contributed by atoms with Crippen LogP contribution < -0.4 is 0 Å². The van der Waals surface area contributed by atoms with Crippen LogP contribution in [-0.4, -0.2) is 37.2 Å². The molecule has 0 N–H and O–H groups in total. The van der Waals surface area contributed by atoms with Gasteiger partial charge in [-0.1, -0.05) is 218 Å². The van der Waals surface area contributed by atoms with Crippen LogP contribution >= 0.6 is 0 Å². The summed E-state index contributed by atoms with van der Waals surface area (Å²) in [6, 6.07) is 0. The quantitative estimate of drug-likeness (QED) is 0.0263. The average Bonchev–Trinajstić information content (AvgIpc) is 3.24. The molecule has 0 radical (unpaired) electrons. The number of allylic oxidation sites excluding steroid dienone is 4. The van der Waals surface area contributed by atoms with Crippen LogP contribution in [-0.2, 0) is 28.6 Å². The summed E-state index contributed by atoms with van der Waals surface area (Å²) >= 11 is 0. The monoisotopic (exact) mass is 845 g/mol. The van der Waals surface area contributed by atoms with Gasteiger partial charge in [-0.15, -0.1) is 0 Å². The van der Waals surface area contributed by atoms with Crippen molar-refractivity contribution in [3.8, 4) is 0 Å². The highest BCUT2D eigenvalue weighted by atomic mass is 16.6. The van der Waals surface area contributed by atoms with Gasteiger partial charge in [-0.05, 0) is 70.6 Å². The molecule has 0 saturated heterocycles. The zero-order valence-corrected chi connectivity index (χ0v) is 40.2. The second kappa shape index (κ2) is 49.5. The number of carbonyl (C=O) groups excluding carboxylic acids is 3. The Hall–Kier alpha value is -2.11. The first-order chi connectivity index (χ1) is 29.5. The molecule has 0 amide bonds. The lowest BCUT2D eigenvalue weighted by Crippen LogP contribution is -2.30. The highest BCUT2D eigenvalue weighted by molar-refractivity contribution is 5.71. The van der Waals surface area contributed by atoms with Gasteiger partial charge in [0.1, 0.15) is 13.2 Å². The fraction of sp³-hybridized carbons (Fsp3) is 0.870. The Balaban J connectivity index is 4.36. The lowest BCUT2D eigenvalue weighted by Gasteiger charge is -2.18. The molecule has 60 heavy (non-hydrogen) atoms. The third-order valence-corrected chi connectivity index (χ3v) is 11.7. The van der Waals surface area contributed by atoms with Crippen LogP contribution in [0.4, 0.5) is 0 Å². The summed E-state index contributed by atoms with van der Waals surface area (Å²) in [6.45, 7) is 6.63. The third-order valence-electron chi connectivity index (χ3n) is 11.7. The van der Waals surface area contributed by atoms with Gasteiger partial charge in [0.2, 0.25) is 0 Å². The van der Waals surface area contributed by atoms with Gasteiger partial charge in [0, 0.05) is 19.3 Å². The van der Waals surface area contributed by atoms with E-state index in [1.165, 1.54) is 180 Å². The maximum absolute atomic E-state index is 12.8. The second-order valence-corrected chi connectivity index (χ2v) is 17.8. The average molecular weight is 845 g/mol. The van der Waals surface area contributed by atoms with Crippen LogP contribution in [0.15, 0.2) is 24.3 Å². The number of esters is 3. The molecule has 0 fully saturated rings. The minimum absolute atomic E-state index is 0.0721. The lowest BCUT2D eigenvalue weighted by atomic mass is 10.0. The standard InChI is InChI=1S/C54H100O6/c1-4-7-10-13-16-19-22-25-27-30-32-35-38-41-44-47-53(56)59-50-51(49-58-52(55)46-43-40-37-34-31-28-24-21-18-15-12-9-6-3)60-54(57)48-45-42-39-36-33-29-26-23-20-17-14-11-8-5-2/h19,22-23,26,51H,4-18,20-21,24-25,27-50H2,1-3H3/b22-19-,26-23-/t51-/m0/s1. The van der Waals surface area contributed by atoms with E-state index in [0.717, 1.165) is 64.2 Å². The van der Waals surface area contributed by atoms with Gasteiger partial charge >= 0.3 is 17.9 Å². The van der Waals surface area contributed by atoms with Crippen LogP contribution in [0.25, 0.3) is 0 Å². The summed E-state index contributed by atoms with van der Waals surface area (Å²) in [5.41, 5.74) is 0. The summed E-state index contributed by atoms with van der Waals surface area (Å²) in [5.74, 6) is -0.872. The third kappa shape index (κ3) is 46.9. The van der Waals surface area contributed by atoms with Crippen LogP contribution in [0.3, 0.4) is 0 Å². The predicted molar refractivity (Wildman–Crippen MR) is 256 cm³/mol. The lowest BCUT2D eigenvalue weighted by molar-refractivity contribution is -0.167. The molecule has 352 valence electrons. The zero-order chi connectivity index (χ0) is 43.7. The molecule has 0 rings (SSSR count). The van der Waals surface area contributed by atoms with Crippen LogP contribution in [0.2, 0.25) is 0 Å². The number of ether oxygens (including phenoxy) is 3. The summed E-state index contributed by atoms with van der Waals surface area (Å²) in [6.07, 6.45) is 55.8. The minimum atomic E-state index is -0.772. The van der Waals surface area contributed by atoms with Gasteiger partial charge in [-0.2, -0.15) is 0 Å². The van der Waals surface area contributed by atoms with Crippen molar-refractivity contribution in [3.05, 3.63) is 24.3 Å². The van der Waals surface area contributed by atoms with Crippen molar-refractivity contribution in [3.63, 3.8) is 0 Å². The second-order valence-electron chi connectivity index (χ2n) is 17.8. The van der Waals surface area contributed by atoms with Crippen molar-refractivity contribution >= 4 is 17.9 Å². The molecule has 0 unspecified atom stereocenters. The molecule has 0 aliphatic rings. The molecule has 0 aromatic rings.